The van der Waals surface area contributed by atoms with Crippen LogP contribution in [0, 0.1) is 12.8 Å². The van der Waals surface area contributed by atoms with Crippen LogP contribution in [0.1, 0.15) is 37.3 Å². The molecule has 1 saturated carbocycles. The number of hydrogen-bond acceptors (Lipinski definition) is 1. The molecule has 102 valence electrons. The van der Waals surface area contributed by atoms with Gasteiger partial charge in [-0.25, -0.2) is 0 Å². The molecule has 0 aromatic heterocycles. The molecule has 1 aromatic rings. The third-order valence-electron chi connectivity index (χ3n) is 3.61. The standard InChI is InChI=1S/C16H20BrNO/c1-11-4-7-14(9-11)18-16(19)8-6-13-5-3-12(2)10-15(13)17/h3,5-6,8,10-11,14H,4,7,9H2,1-2H3,(H,18,19)/b8-6+. The van der Waals surface area contributed by atoms with Gasteiger partial charge in [-0.1, -0.05) is 35.0 Å². The van der Waals surface area contributed by atoms with E-state index in [1.807, 2.05) is 25.1 Å². The van der Waals surface area contributed by atoms with Crippen LogP contribution in [0.25, 0.3) is 6.08 Å². The molecular weight excluding hydrogens is 302 g/mol. The first-order valence-corrected chi connectivity index (χ1v) is 7.58. The predicted octanol–water partition coefficient (Wildman–Crippen LogP) is 4.08. The minimum atomic E-state index is 0.00609. The number of carbonyl (C=O) groups excluding carboxylic acids is 1. The Bertz CT molecular complexity index is 496. The lowest BCUT2D eigenvalue weighted by Gasteiger charge is -2.10. The number of nitrogens with one attached hydrogen (secondary N) is 1. The number of carbonyl (C=O) groups is 1. The molecule has 1 aliphatic rings. The molecule has 0 radical (unpaired) electrons. The molecule has 1 N–H and O–H groups in total. The largest absolute Gasteiger partial charge is 0.350 e. The van der Waals surface area contributed by atoms with Crippen molar-refractivity contribution in [2.45, 2.75) is 39.2 Å². The Hall–Kier alpha value is -1.09. The summed E-state index contributed by atoms with van der Waals surface area (Å²) in [4.78, 5) is 11.8. The predicted molar refractivity (Wildman–Crippen MR) is 82.9 cm³/mol. The van der Waals surface area contributed by atoms with E-state index in [9.17, 15) is 4.79 Å². The number of halogens is 1. The molecule has 0 bridgehead atoms. The van der Waals surface area contributed by atoms with E-state index in [2.05, 4.69) is 34.2 Å². The second kappa shape index (κ2) is 6.38. The summed E-state index contributed by atoms with van der Waals surface area (Å²) in [5.41, 5.74) is 2.23. The van der Waals surface area contributed by atoms with E-state index >= 15 is 0 Å². The van der Waals surface area contributed by atoms with E-state index in [1.165, 1.54) is 12.0 Å². The van der Waals surface area contributed by atoms with Gasteiger partial charge < -0.3 is 5.32 Å². The first-order valence-electron chi connectivity index (χ1n) is 6.79. The van der Waals surface area contributed by atoms with E-state index in [1.54, 1.807) is 6.08 Å². The molecular formula is C16H20BrNO. The zero-order chi connectivity index (χ0) is 13.8. The van der Waals surface area contributed by atoms with Crippen molar-refractivity contribution in [2.24, 2.45) is 5.92 Å². The molecule has 19 heavy (non-hydrogen) atoms. The fourth-order valence-electron chi connectivity index (χ4n) is 2.52. The quantitative estimate of drug-likeness (QED) is 0.835. The molecule has 2 unspecified atom stereocenters. The fourth-order valence-corrected chi connectivity index (χ4v) is 3.15. The molecule has 1 amide bonds. The van der Waals surface area contributed by atoms with Gasteiger partial charge >= 0.3 is 0 Å². The summed E-state index contributed by atoms with van der Waals surface area (Å²) in [6, 6.07) is 6.46. The SMILES string of the molecule is Cc1ccc(/C=C/C(=O)NC2CCC(C)C2)c(Br)c1. The number of hydrogen-bond donors (Lipinski definition) is 1. The smallest absolute Gasteiger partial charge is 0.244 e. The normalized spacial score (nSPS) is 22.9. The van der Waals surface area contributed by atoms with Crippen LogP contribution in [0.3, 0.4) is 0 Å². The van der Waals surface area contributed by atoms with Gasteiger partial charge in [-0.05, 0) is 55.4 Å². The Morgan fingerprint density at radius 2 is 2.21 bits per heavy atom. The van der Waals surface area contributed by atoms with Crippen molar-refractivity contribution in [3.8, 4) is 0 Å². The Kier molecular flexibility index (Phi) is 4.81. The van der Waals surface area contributed by atoms with Crippen LogP contribution < -0.4 is 5.32 Å². The van der Waals surface area contributed by atoms with Crippen LogP contribution in [0.2, 0.25) is 0 Å². The molecule has 3 heteroatoms. The number of rotatable bonds is 3. The molecule has 2 rings (SSSR count). The van der Waals surface area contributed by atoms with Gasteiger partial charge in [0.1, 0.15) is 0 Å². The van der Waals surface area contributed by atoms with E-state index in [0.29, 0.717) is 6.04 Å². The summed E-state index contributed by atoms with van der Waals surface area (Å²) in [6.07, 6.45) is 6.91. The van der Waals surface area contributed by atoms with Crippen molar-refractivity contribution >= 4 is 27.9 Å². The Labute approximate surface area is 123 Å². The van der Waals surface area contributed by atoms with Gasteiger partial charge in [-0.15, -0.1) is 0 Å². The summed E-state index contributed by atoms with van der Waals surface area (Å²) in [6.45, 7) is 4.29. The van der Waals surface area contributed by atoms with E-state index < -0.39 is 0 Å². The Morgan fingerprint density at radius 1 is 1.42 bits per heavy atom. The maximum Gasteiger partial charge on any atom is 0.244 e. The van der Waals surface area contributed by atoms with Crippen LogP contribution in [-0.4, -0.2) is 11.9 Å². The minimum Gasteiger partial charge on any atom is -0.350 e. The topological polar surface area (TPSA) is 29.1 Å². The maximum absolute atomic E-state index is 11.8. The van der Waals surface area contributed by atoms with Crippen LogP contribution >= 0.6 is 15.9 Å². The maximum atomic E-state index is 11.8. The zero-order valence-electron chi connectivity index (χ0n) is 11.4. The molecule has 1 aliphatic carbocycles. The molecule has 2 atom stereocenters. The first kappa shape index (κ1) is 14.3. The monoisotopic (exact) mass is 321 g/mol. The minimum absolute atomic E-state index is 0.00609. The highest BCUT2D eigenvalue weighted by Gasteiger charge is 2.21. The summed E-state index contributed by atoms with van der Waals surface area (Å²) in [7, 11) is 0. The average molecular weight is 322 g/mol. The van der Waals surface area contributed by atoms with Crippen LogP contribution in [0.15, 0.2) is 28.7 Å². The summed E-state index contributed by atoms with van der Waals surface area (Å²) >= 11 is 3.51. The zero-order valence-corrected chi connectivity index (χ0v) is 13.0. The fraction of sp³-hybridized carbons (Fsp3) is 0.438. The van der Waals surface area contributed by atoms with Crippen molar-refractivity contribution in [3.63, 3.8) is 0 Å². The average Bonchev–Trinajstić information content (AvgIpc) is 2.73. The highest BCUT2D eigenvalue weighted by atomic mass is 79.9. The van der Waals surface area contributed by atoms with E-state index in [-0.39, 0.29) is 5.91 Å². The summed E-state index contributed by atoms with van der Waals surface area (Å²) in [5, 5.41) is 3.07. The molecule has 1 aromatic carbocycles. The second-order valence-corrected chi connectivity index (χ2v) is 6.34. The van der Waals surface area contributed by atoms with E-state index in [4.69, 9.17) is 0 Å². The number of benzene rings is 1. The van der Waals surface area contributed by atoms with Crippen molar-refractivity contribution < 1.29 is 4.79 Å². The lowest BCUT2D eigenvalue weighted by atomic mass is 10.1. The van der Waals surface area contributed by atoms with Crippen molar-refractivity contribution in [3.05, 3.63) is 39.9 Å². The van der Waals surface area contributed by atoms with Gasteiger partial charge in [0.05, 0.1) is 0 Å². The third-order valence-corrected chi connectivity index (χ3v) is 4.30. The van der Waals surface area contributed by atoms with Gasteiger partial charge in [0.15, 0.2) is 0 Å². The van der Waals surface area contributed by atoms with Gasteiger partial charge in [-0.2, -0.15) is 0 Å². The van der Waals surface area contributed by atoms with Gasteiger partial charge in [0.25, 0.3) is 0 Å². The first-order chi connectivity index (χ1) is 9.04. The van der Waals surface area contributed by atoms with Gasteiger partial charge in [-0.3, -0.25) is 4.79 Å². The molecule has 0 saturated heterocycles. The second-order valence-electron chi connectivity index (χ2n) is 5.48. The third kappa shape index (κ3) is 4.20. The molecule has 0 heterocycles. The number of amides is 1. The Morgan fingerprint density at radius 3 is 2.84 bits per heavy atom. The van der Waals surface area contributed by atoms with Crippen LogP contribution in [-0.2, 0) is 4.79 Å². The van der Waals surface area contributed by atoms with Crippen LogP contribution in [0.5, 0.6) is 0 Å². The van der Waals surface area contributed by atoms with Gasteiger partial charge in [0, 0.05) is 16.6 Å². The highest BCUT2D eigenvalue weighted by Crippen LogP contribution is 2.24. The summed E-state index contributed by atoms with van der Waals surface area (Å²) in [5.74, 6) is 0.743. The van der Waals surface area contributed by atoms with Crippen LogP contribution in [0.4, 0.5) is 0 Å². The molecule has 2 nitrogen and oxygen atoms in total. The lowest BCUT2D eigenvalue weighted by molar-refractivity contribution is -0.117. The highest BCUT2D eigenvalue weighted by molar-refractivity contribution is 9.10. The lowest BCUT2D eigenvalue weighted by Crippen LogP contribution is -2.31. The number of aryl methyl sites for hydroxylation is 1. The molecule has 0 spiro atoms. The van der Waals surface area contributed by atoms with Crippen molar-refractivity contribution in [2.75, 3.05) is 0 Å². The summed E-state index contributed by atoms with van der Waals surface area (Å²) < 4.78 is 1.02. The Balaban J connectivity index is 1.92. The molecule has 0 aliphatic heterocycles. The van der Waals surface area contributed by atoms with E-state index in [0.717, 1.165) is 28.8 Å². The van der Waals surface area contributed by atoms with Crippen molar-refractivity contribution in [1.29, 1.82) is 0 Å². The van der Waals surface area contributed by atoms with Gasteiger partial charge in [0.2, 0.25) is 5.91 Å². The molecule has 1 fully saturated rings. The van der Waals surface area contributed by atoms with Crippen molar-refractivity contribution in [1.82, 2.24) is 5.32 Å².